The SMILES string of the molecule is CCN(Cc1ccc([N+](=O)[O-])c(F)c1)Cc1cccs1. The molecule has 0 bridgehead atoms. The highest BCUT2D eigenvalue weighted by molar-refractivity contribution is 7.09. The molecule has 0 atom stereocenters. The number of hydrogen-bond acceptors (Lipinski definition) is 4. The molecule has 0 amide bonds. The summed E-state index contributed by atoms with van der Waals surface area (Å²) in [5.74, 6) is -0.778. The second-order valence-electron chi connectivity index (χ2n) is 4.43. The summed E-state index contributed by atoms with van der Waals surface area (Å²) in [6.07, 6.45) is 0. The zero-order chi connectivity index (χ0) is 14.5. The third-order valence-electron chi connectivity index (χ3n) is 3.02. The van der Waals surface area contributed by atoms with Gasteiger partial charge in [0.15, 0.2) is 0 Å². The Morgan fingerprint density at radius 3 is 2.70 bits per heavy atom. The predicted octanol–water partition coefficient (Wildman–Crippen LogP) is 3.82. The third-order valence-corrected chi connectivity index (χ3v) is 3.88. The van der Waals surface area contributed by atoms with Gasteiger partial charge < -0.3 is 0 Å². The van der Waals surface area contributed by atoms with Crippen molar-refractivity contribution in [1.29, 1.82) is 0 Å². The van der Waals surface area contributed by atoms with Gasteiger partial charge in [-0.1, -0.05) is 19.1 Å². The van der Waals surface area contributed by atoms with Crippen LogP contribution in [0.25, 0.3) is 0 Å². The lowest BCUT2D eigenvalue weighted by molar-refractivity contribution is -0.387. The molecule has 0 spiro atoms. The minimum absolute atomic E-state index is 0.477. The van der Waals surface area contributed by atoms with Gasteiger partial charge in [-0.15, -0.1) is 11.3 Å². The normalized spacial score (nSPS) is 10.9. The minimum Gasteiger partial charge on any atom is -0.294 e. The van der Waals surface area contributed by atoms with Crippen molar-refractivity contribution in [3.63, 3.8) is 0 Å². The molecule has 0 fully saturated rings. The van der Waals surface area contributed by atoms with E-state index in [1.54, 1.807) is 17.4 Å². The Morgan fingerprint density at radius 1 is 1.35 bits per heavy atom. The summed E-state index contributed by atoms with van der Waals surface area (Å²) in [7, 11) is 0. The predicted molar refractivity (Wildman–Crippen MR) is 77.2 cm³/mol. The van der Waals surface area contributed by atoms with Crippen molar-refractivity contribution in [1.82, 2.24) is 4.90 Å². The summed E-state index contributed by atoms with van der Waals surface area (Å²) in [6, 6.07) is 8.14. The molecule has 0 aliphatic rings. The molecular weight excluding hydrogens is 279 g/mol. The number of benzene rings is 1. The summed E-state index contributed by atoms with van der Waals surface area (Å²) in [4.78, 5) is 13.3. The number of halogens is 1. The van der Waals surface area contributed by atoms with Gasteiger partial charge in [0.25, 0.3) is 0 Å². The van der Waals surface area contributed by atoms with E-state index in [4.69, 9.17) is 0 Å². The van der Waals surface area contributed by atoms with Crippen LogP contribution in [0, 0.1) is 15.9 Å². The maximum absolute atomic E-state index is 13.6. The average molecular weight is 294 g/mol. The van der Waals surface area contributed by atoms with Crippen LogP contribution in [0.1, 0.15) is 17.4 Å². The highest BCUT2D eigenvalue weighted by Crippen LogP contribution is 2.20. The summed E-state index contributed by atoms with van der Waals surface area (Å²) >= 11 is 1.68. The van der Waals surface area contributed by atoms with E-state index in [1.807, 2.05) is 18.4 Å². The van der Waals surface area contributed by atoms with E-state index in [-0.39, 0.29) is 0 Å². The first-order valence-corrected chi connectivity index (χ1v) is 7.15. The molecule has 0 aliphatic carbocycles. The zero-order valence-electron chi connectivity index (χ0n) is 11.1. The molecule has 106 valence electrons. The lowest BCUT2D eigenvalue weighted by Crippen LogP contribution is -2.21. The lowest BCUT2D eigenvalue weighted by Gasteiger charge is -2.19. The highest BCUT2D eigenvalue weighted by Gasteiger charge is 2.15. The number of thiophene rings is 1. The molecule has 0 saturated carbocycles. The van der Waals surface area contributed by atoms with Crippen LogP contribution in [0.3, 0.4) is 0 Å². The van der Waals surface area contributed by atoms with Crippen molar-refractivity contribution >= 4 is 17.0 Å². The van der Waals surface area contributed by atoms with Crippen LogP contribution in [0.4, 0.5) is 10.1 Å². The fourth-order valence-electron chi connectivity index (χ4n) is 1.96. The molecule has 1 heterocycles. The summed E-state index contributed by atoms with van der Waals surface area (Å²) < 4.78 is 13.6. The highest BCUT2D eigenvalue weighted by atomic mass is 32.1. The van der Waals surface area contributed by atoms with Gasteiger partial charge in [0.05, 0.1) is 4.92 Å². The molecule has 6 heteroatoms. The molecule has 20 heavy (non-hydrogen) atoms. The van der Waals surface area contributed by atoms with Gasteiger partial charge in [-0.3, -0.25) is 15.0 Å². The first kappa shape index (κ1) is 14.6. The number of rotatable bonds is 6. The van der Waals surface area contributed by atoms with Crippen LogP contribution >= 0.6 is 11.3 Å². The van der Waals surface area contributed by atoms with E-state index in [0.29, 0.717) is 6.54 Å². The molecule has 0 N–H and O–H groups in total. The van der Waals surface area contributed by atoms with Gasteiger partial charge in [-0.2, -0.15) is 4.39 Å². The average Bonchev–Trinajstić information content (AvgIpc) is 2.90. The summed E-state index contributed by atoms with van der Waals surface area (Å²) in [5, 5.41) is 12.6. The molecule has 2 aromatic rings. The Labute approximate surface area is 120 Å². The molecule has 0 radical (unpaired) electrons. The maximum atomic E-state index is 13.6. The van der Waals surface area contributed by atoms with Crippen molar-refractivity contribution in [3.8, 4) is 0 Å². The fourth-order valence-corrected chi connectivity index (χ4v) is 2.70. The van der Waals surface area contributed by atoms with Crippen LogP contribution in [0.5, 0.6) is 0 Å². The van der Waals surface area contributed by atoms with Crippen molar-refractivity contribution in [3.05, 3.63) is 62.1 Å². The fraction of sp³-hybridized carbons (Fsp3) is 0.286. The summed E-state index contributed by atoms with van der Waals surface area (Å²) in [5.41, 5.74) is 0.265. The first-order valence-electron chi connectivity index (χ1n) is 6.27. The molecule has 2 rings (SSSR count). The van der Waals surface area contributed by atoms with Crippen LogP contribution < -0.4 is 0 Å². The van der Waals surface area contributed by atoms with Crippen molar-refractivity contribution in [2.45, 2.75) is 20.0 Å². The standard InChI is InChI=1S/C14H15FN2O2S/c1-2-16(10-12-4-3-7-20-12)9-11-5-6-14(17(18)19)13(15)8-11/h3-8H,2,9-10H2,1H3. The summed E-state index contributed by atoms with van der Waals surface area (Å²) in [6.45, 7) is 4.24. The Kier molecular flexibility index (Phi) is 4.81. The van der Waals surface area contributed by atoms with Gasteiger partial charge in [0.1, 0.15) is 0 Å². The largest absolute Gasteiger partial charge is 0.304 e. The Morgan fingerprint density at radius 2 is 2.15 bits per heavy atom. The first-order chi connectivity index (χ1) is 9.60. The second-order valence-corrected chi connectivity index (χ2v) is 5.46. The smallest absolute Gasteiger partial charge is 0.294 e. The van der Waals surface area contributed by atoms with E-state index in [0.717, 1.165) is 18.7 Å². The van der Waals surface area contributed by atoms with E-state index in [9.17, 15) is 14.5 Å². The molecule has 1 aromatic carbocycles. The van der Waals surface area contributed by atoms with Gasteiger partial charge in [-0.25, -0.2) is 0 Å². The van der Waals surface area contributed by atoms with Crippen LogP contribution in [-0.4, -0.2) is 16.4 Å². The van der Waals surface area contributed by atoms with E-state index >= 15 is 0 Å². The topological polar surface area (TPSA) is 46.4 Å². The number of nitro groups is 1. The quantitative estimate of drug-likeness (QED) is 0.601. The Balaban J connectivity index is 2.07. The van der Waals surface area contributed by atoms with Crippen LogP contribution in [0.15, 0.2) is 35.7 Å². The molecule has 0 saturated heterocycles. The second kappa shape index (κ2) is 6.58. The van der Waals surface area contributed by atoms with E-state index < -0.39 is 16.4 Å². The molecule has 0 unspecified atom stereocenters. The van der Waals surface area contributed by atoms with Crippen LogP contribution in [-0.2, 0) is 13.1 Å². The Bertz CT molecular complexity index is 587. The number of nitrogens with zero attached hydrogens (tertiary/aromatic N) is 2. The Hall–Kier alpha value is -1.79. The van der Waals surface area contributed by atoms with Crippen molar-refractivity contribution in [2.24, 2.45) is 0 Å². The van der Waals surface area contributed by atoms with E-state index in [2.05, 4.69) is 11.0 Å². The number of hydrogen-bond donors (Lipinski definition) is 0. The van der Waals surface area contributed by atoms with E-state index in [1.165, 1.54) is 17.0 Å². The van der Waals surface area contributed by atoms with Gasteiger partial charge in [0, 0.05) is 24.0 Å². The molecule has 4 nitrogen and oxygen atoms in total. The lowest BCUT2D eigenvalue weighted by atomic mass is 10.2. The molecule has 0 aliphatic heterocycles. The molecule has 1 aromatic heterocycles. The van der Waals surface area contributed by atoms with Crippen molar-refractivity contribution < 1.29 is 9.31 Å². The van der Waals surface area contributed by atoms with Crippen LogP contribution in [0.2, 0.25) is 0 Å². The monoisotopic (exact) mass is 294 g/mol. The third kappa shape index (κ3) is 3.61. The van der Waals surface area contributed by atoms with Gasteiger partial charge in [-0.05, 0) is 29.6 Å². The van der Waals surface area contributed by atoms with Crippen molar-refractivity contribution in [2.75, 3.05) is 6.54 Å². The van der Waals surface area contributed by atoms with Gasteiger partial charge >= 0.3 is 5.69 Å². The van der Waals surface area contributed by atoms with Gasteiger partial charge in [0.2, 0.25) is 5.82 Å². The number of nitro benzene ring substituents is 1. The minimum atomic E-state index is -0.778. The maximum Gasteiger partial charge on any atom is 0.304 e. The zero-order valence-corrected chi connectivity index (χ0v) is 11.9. The molecular formula is C14H15FN2O2S.